The van der Waals surface area contributed by atoms with Gasteiger partial charge in [-0.1, -0.05) is 0 Å². The number of hydrogen-bond donors (Lipinski definition) is 1. The van der Waals surface area contributed by atoms with Crippen LogP contribution in [0, 0.1) is 19.3 Å². The molecule has 3 heterocycles. The van der Waals surface area contributed by atoms with Crippen molar-refractivity contribution in [2.24, 2.45) is 5.41 Å². The van der Waals surface area contributed by atoms with E-state index in [-0.39, 0.29) is 18.1 Å². The Hall–Kier alpha value is -1.93. The molecule has 0 aliphatic carbocycles. The van der Waals surface area contributed by atoms with Gasteiger partial charge in [0.15, 0.2) is 0 Å². The zero-order valence-electron chi connectivity index (χ0n) is 17.2. The number of aryl methyl sites for hydroxylation is 2. The van der Waals surface area contributed by atoms with Gasteiger partial charge >= 0.3 is 6.09 Å². The molecular weight excluding hydrogens is 360 g/mol. The maximum Gasteiger partial charge on any atom is 0.407 e. The molecule has 156 valence electrons. The average molecular weight is 393 g/mol. The van der Waals surface area contributed by atoms with Crippen LogP contribution in [0.5, 0.6) is 0 Å². The lowest BCUT2D eigenvalue weighted by Gasteiger charge is -2.45. The zero-order chi connectivity index (χ0) is 20.0. The van der Waals surface area contributed by atoms with Gasteiger partial charge in [0.05, 0.1) is 19.3 Å². The molecule has 2 aliphatic rings. The van der Waals surface area contributed by atoms with E-state index in [1.54, 1.807) is 7.11 Å². The summed E-state index contributed by atoms with van der Waals surface area (Å²) in [5.74, 6) is 0.845. The highest BCUT2D eigenvalue weighted by molar-refractivity contribution is 5.67. The van der Waals surface area contributed by atoms with E-state index in [1.165, 1.54) is 0 Å². The first-order valence-electron chi connectivity index (χ1n) is 10.1. The number of amides is 1. The third-order valence-electron chi connectivity index (χ3n) is 5.69. The number of carbonyl (C=O) groups is 1. The van der Waals surface area contributed by atoms with Crippen LogP contribution in [-0.2, 0) is 14.2 Å². The van der Waals surface area contributed by atoms with E-state index < -0.39 is 6.09 Å². The lowest BCUT2D eigenvalue weighted by molar-refractivity contribution is -0.0704. The van der Waals surface area contributed by atoms with Crippen molar-refractivity contribution in [3.05, 3.63) is 17.5 Å². The molecule has 3 rings (SSSR count). The highest BCUT2D eigenvalue weighted by atomic mass is 16.6. The molecule has 1 spiro atoms. The van der Waals surface area contributed by atoms with E-state index in [0.29, 0.717) is 13.2 Å². The maximum atomic E-state index is 11.6. The molecule has 0 unspecified atom stereocenters. The summed E-state index contributed by atoms with van der Waals surface area (Å²) in [7, 11) is 1.58. The van der Waals surface area contributed by atoms with Crippen LogP contribution in [0.3, 0.4) is 0 Å². The van der Waals surface area contributed by atoms with E-state index in [9.17, 15) is 4.79 Å². The van der Waals surface area contributed by atoms with Crippen LogP contribution in [0.15, 0.2) is 6.07 Å². The maximum absolute atomic E-state index is 11.6. The van der Waals surface area contributed by atoms with Crippen LogP contribution < -0.4 is 10.2 Å². The number of methoxy groups -OCH3 is 1. The zero-order valence-corrected chi connectivity index (χ0v) is 17.2. The number of carbonyl (C=O) groups excluding carboxylic acids is 1. The number of hydrogen-bond acceptors (Lipinski definition) is 7. The Labute approximate surface area is 167 Å². The van der Waals surface area contributed by atoms with Crippen molar-refractivity contribution in [1.82, 2.24) is 15.3 Å². The number of anilines is 1. The van der Waals surface area contributed by atoms with Crippen molar-refractivity contribution in [2.45, 2.75) is 45.6 Å². The minimum atomic E-state index is -0.414. The van der Waals surface area contributed by atoms with Gasteiger partial charge in [0.1, 0.15) is 6.61 Å². The highest BCUT2D eigenvalue weighted by Gasteiger charge is 2.39. The van der Waals surface area contributed by atoms with E-state index >= 15 is 0 Å². The number of alkyl carbamates (subject to hydrolysis) is 1. The van der Waals surface area contributed by atoms with Gasteiger partial charge in [0.2, 0.25) is 5.95 Å². The van der Waals surface area contributed by atoms with Gasteiger partial charge in [-0.3, -0.25) is 0 Å². The summed E-state index contributed by atoms with van der Waals surface area (Å²) in [6.07, 6.45) is 3.90. The summed E-state index contributed by atoms with van der Waals surface area (Å²) in [6, 6.07) is 2.01. The largest absolute Gasteiger partial charge is 0.447 e. The Bertz CT molecular complexity index is 631. The summed E-state index contributed by atoms with van der Waals surface area (Å²) in [4.78, 5) is 23.1. The van der Waals surface area contributed by atoms with Crippen molar-refractivity contribution >= 4 is 12.0 Å². The molecule has 28 heavy (non-hydrogen) atoms. The van der Waals surface area contributed by atoms with E-state index in [0.717, 1.165) is 62.7 Å². The summed E-state index contributed by atoms with van der Waals surface area (Å²) in [5.41, 5.74) is 2.27. The fourth-order valence-electron chi connectivity index (χ4n) is 3.97. The van der Waals surface area contributed by atoms with Crippen LogP contribution in [0.25, 0.3) is 0 Å². The predicted octanol–water partition coefficient (Wildman–Crippen LogP) is 2.23. The summed E-state index contributed by atoms with van der Waals surface area (Å²) in [5, 5.41) is 2.78. The molecule has 8 heteroatoms. The van der Waals surface area contributed by atoms with Crippen molar-refractivity contribution in [1.29, 1.82) is 0 Å². The quantitative estimate of drug-likeness (QED) is 0.743. The van der Waals surface area contributed by atoms with Crippen LogP contribution in [-0.4, -0.2) is 68.7 Å². The standard InChI is InChI=1S/C20H32N4O4/c1-15-12-16(2)23-18(22-15)24-8-6-20(7-9-24)5-4-17(28-14-20)13-21-19(25)27-11-10-26-3/h12,17H,4-11,13-14H2,1-3H3,(H,21,25)/t17-/m1/s1. The van der Waals surface area contributed by atoms with Crippen molar-refractivity contribution < 1.29 is 19.0 Å². The number of nitrogens with zero attached hydrogens (tertiary/aromatic N) is 3. The monoisotopic (exact) mass is 392 g/mol. The molecule has 0 saturated carbocycles. The van der Waals surface area contributed by atoms with Gasteiger partial charge in [0, 0.05) is 38.1 Å². The SMILES string of the molecule is COCCOC(=O)NC[C@H]1CCC2(CCN(c3nc(C)cc(C)n3)CC2)CO1. The third-order valence-corrected chi connectivity index (χ3v) is 5.69. The molecule has 2 fully saturated rings. The Kier molecular flexibility index (Phi) is 7.07. The number of aromatic nitrogens is 2. The highest BCUT2D eigenvalue weighted by Crippen LogP contribution is 2.41. The lowest BCUT2D eigenvalue weighted by atomic mass is 9.73. The molecule has 0 radical (unpaired) electrons. The van der Waals surface area contributed by atoms with Gasteiger partial charge in [-0.2, -0.15) is 0 Å². The topological polar surface area (TPSA) is 85.8 Å². The van der Waals surface area contributed by atoms with Crippen LogP contribution in [0.1, 0.15) is 37.1 Å². The predicted molar refractivity (Wildman–Crippen MR) is 106 cm³/mol. The summed E-state index contributed by atoms with van der Waals surface area (Å²) < 4.78 is 15.9. The summed E-state index contributed by atoms with van der Waals surface area (Å²) in [6.45, 7) is 7.85. The Morgan fingerprint density at radius 1 is 1.25 bits per heavy atom. The number of nitrogens with one attached hydrogen (secondary N) is 1. The molecular formula is C20H32N4O4. The first kappa shape index (κ1) is 20.8. The van der Waals surface area contributed by atoms with E-state index in [2.05, 4.69) is 20.2 Å². The van der Waals surface area contributed by atoms with Crippen LogP contribution in [0.4, 0.5) is 10.7 Å². The smallest absolute Gasteiger partial charge is 0.407 e. The van der Waals surface area contributed by atoms with Gasteiger partial charge in [0.25, 0.3) is 0 Å². The van der Waals surface area contributed by atoms with Crippen LogP contribution >= 0.6 is 0 Å². The van der Waals surface area contributed by atoms with Gasteiger partial charge in [-0.05, 0) is 51.0 Å². The van der Waals surface area contributed by atoms with Gasteiger partial charge < -0.3 is 24.4 Å². The normalized spacial score (nSPS) is 21.5. The van der Waals surface area contributed by atoms with Crippen molar-refractivity contribution in [3.8, 4) is 0 Å². The van der Waals surface area contributed by atoms with E-state index in [4.69, 9.17) is 14.2 Å². The molecule has 2 aliphatic heterocycles. The fourth-order valence-corrected chi connectivity index (χ4v) is 3.97. The second kappa shape index (κ2) is 9.52. The second-order valence-corrected chi connectivity index (χ2v) is 7.92. The molecule has 1 aromatic rings. The van der Waals surface area contributed by atoms with Gasteiger partial charge in [-0.15, -0.1) is 0 Å². The average Bonchev–Trinajstić information content (AvgIpc) is 2.68. The number of rotatable bonds is 6. The van der Waals surface area contributed by atoms with Crippen molar-refractivity contribution in [3.63, 3.8) is 0 Å². The van der Waals surface area contributed by atoms with Crippen molar-refractivity contribution in [2.75, 3.05) is 51.5 Å². The molecule has 0 bridgehead atoms. The fraction of sp³-hybridized carbons (Fsp3) is 0.750. The Morgan fingerprint density at radius 2 is 1.96 bits per heavy atom. The Morgan fingerprint density at radius 3 is 2.57 bits per heavy atom. The third kappa shape index (κ3) is 5.54. The second-order valence-electron chi connectivity index (χ2n) is 7.92. The number of ether oxygens (including phenoxy) is 3. The number of piperidine rings is 1. The minimum absolute atomic E-state index is 0.0568. The van der Waals surface area contributed by atoms with Gasteiger partial charge in [-0.25, -0.2) is 14.8 Å². The van der Waals surface area contributed by atoms with E-state index in [1.807, 2.05) is 19.9 Å². The molecule has 1 atom stereocenters. The molecule has 8 nitrogen and oxygen atoms in total. The summed E-state index contributed by atoms with van der Waals surface area (Å²) >= 11 is 0. The molecule has 1 amide bonds. The molecule has 0 aromatic carbocycles. The first-order valence-corrected chi connectivity index (χ1v) is 10.1. The minimum Gasteiger partial charge on any atom is -0.447 e. The van der Waals surface area contributed by atoms with Crippen LogP contribution in [0.2, 0.25) is 0 Å². The molecule has 1 N–H and O–H groups in total. The molecule has 1 aromatic heterocycles. The first-order chi connectivity index (χ1) is 13.5. The Balaban J connectivity index is 1.41. The lowest BCUT2D eigenvalue weighted by Crippen LogP contribution is -2.48. The molecule has 2 saturated heterocycles.